The predicted octanol–water partition coefficient (Wildman–Crippen LogP) is 2.55. The van der Waals surface area contributed by atoms with Gasteiger partial charge in [0.1, 0.15) is 6.61 Å². The highest BCUT2D eigenvalue weighted by molar-refractivity contribution is 5.64. The van der Waals surface area contributed by atoms with Gasteiger partial charge in [0.2, 0.25) is 0 Å². The van der Waals surface area contributed by atoms with E-state index < -0.39 is 6.09 Å². The number of carbonyl (C=O) groups excluding carboxylic acids is 1. The summed E-state index contributed by atoms with van der Waals surface area (Å²) in [5.41, 5.74) is 6.06. The van der Waals surface area contributed by atoms with Crippen LogP contribution in [0.1, 0.15) is 19.8 Å². The summed E-state index contributed by atoms with van der Waals surface area (Å²) in [6.07, 6.45) is 8.67. The normalized spacial score (nSPS) is 11.6. The molecule has 0 rings (SSSR count). The van der Waals surface area contributed by atoms with Crippen LogP contribution in [0.15, 0.2) is 36.5 Å². The van der Waals surface area contributed by atoms with Crippen molar-refractivity contribution in [2.45, 2.75) is 19.8 Å². The first kappa shape index (κ1) is 12.5. The summed E-state index contributed by atoms with van der Waals surface area (Å²) in [6.45, 7) is 5.91. The lowest BCUT2D eigenvalue weighted by Crippen LogP contribution is -2.12. The summed E-state index contributed by atoms with van der Waals surface area (Å²) in [6, 6.07) is 0. The molecule has 0 aliphatic rings. The Labute approximate surface area is 84.9 Å². The molecule has 78 valence electrons. The summed E-state index contributed by atoms with van der Waals surface area (Å²) in [5, 5.41) is 0. The van der Waals surface area contributed by atoms with Crippen LogP contribution in [0.2, 0.25) is 0 Å². The van der Waals surface area contributed by atoms with Crippen LogP contribution in [-0.2, 0) is 4.74 Å². The molecule has 0 aromatic carbocycles. The molecule has 0 unspecified atom stereocenters. The molecule has 0 spiro atoms. The third kappa shape index (κ3) is 8.59. The van der Waals surface area contributed by atoms with E-state index in [9.17, 15) is 4.79 Å². The van der Waals surface area contributed by atoms with Crippen LogP contribution in [-0.4, -0.2) is 12.7 Å². The van der Waals surface area contributed by atoms with Gasteiger partial charge >= 0.3 is 6.09 Å². The molecule has 0 aromatic rings. The second-order valence-electron chi connectivity index (χ2n) is 2.89. The van der Waals surface area contributed by atoms with Gasteiger partial charge in [-0.3, -0.25) is 0 Å². The Hall–Kier alpha value is -1.51. The Balaban J connectivity index is 3.48. The van der Waals surface area contributed by atoms with E-state index in [0.717, 1.165) is 12.8 Å². The number of primary amides is 1. The molecule has 0 saturated carbocycles. The highest BCUT2D eigenvalue weighted by atomic mass is 16.5. The molecular formula is C11H17NO2. The van der Waals surface area contributed by atoms with Crippen molar-refractivity contribution in [3.8, 4) is 0 Å². The van der Waals surface area contributed by atoms with Gasteiger partial charge in [0.15, 0.2) is 0 Å². The Bertz CT molecular complexity index is 242. The third-order valence-electron chi connectivity index (χ3n) is 1.60. The molecule has 0 aromatic heterocycles. The average molecular weight is 195 g/mol. The number of ether oxygens (including phenoxy) is 1. The minimum Gasteiger partial charge on any atom is -0.445 e. The van der Waals surface area contributed by atoms with Crippen LogP contribution in [0.4, 0.5) is 4.79 Å². The largest absolute Gasteiger partial charge is 0.445 e. The zero-order valence-corrected chi connectivity index (χ0v) is 8.53. The van der Waals surface area contributed by atoms with Crippen LogP contribution >= 0.6 is 0 Å². The molecule has 0 heterocycles. The zero-order chi connectivity index (χ0) is 10.8. The van der Waals surface area contributed by atoms with Crippen molar-refractivity contribution >= 4 is 6.09 Å². The number of carbonyl (C=O) groups is 1. The standard InChI is InChI=1S/C11H17NO2/c1-3-7-10(2)8-5-4-6-9-14-11(12)13/h3-4,6-7H,1,5,8-9H2,2H3,(H2,12,13)/b6-4+,10-7+. The molecule has 14 heavy (non-hydrogen) atoms. The van der Waals surface area contributed by atoms with E-state index in [1.165, 1.54) is 5.57 Å². The Kier molecular flexibility index (Phi) is 7.23. The van der Waals surface area contributed by atoms with Crippen LogP contribution in [0, 0.1) is 0 Å². The van der Waals surface area contributed by atoms with Gasteiger partial charge in [-0.2, -0.15) is 0 Å². The Morgan fingerprint density at radius 1 is 1.50 bits per heavy atom. The summed E-state index contributed by atoms with van der Waals surface area (Å²) >= 11 is 0. The van der Waals surface area contributed by atoms with Gasteiger partial charge in [0.25, 0.3) is 0 Å². The fourth-order valence-electron chi connectivity index (χ4n) is 0.912. The van der Waals surface area contributed by atoms with Crippen molar-refractivity contribution in [3.05, 3.63) is 36.5 Å². The fraction of sp³-hybridized carbons (Fsp3) is 0.364. The maximum atomic E-state index is 10.2. The smallest absolute Gasteiger partial charge is 0.404 e. The minimum atomic E-state index is -0.739. The SMILES string of the molecule is C=C/C=C(\C)CC/C=C/COC(N)=O. The van der Waals surface area contributed by atoms with Gasteiger partial charge in [-0.15, -0.1) is 0 Å². The maximum Gasteiger partial charge on any atom is 0.404 e. The first-order valence-electron chi connectivity index (χ1n) is 4.52. The second-order valence-corrected chi connectivity index (χ2v) is 2.89. The summed E-state index contributed by atoms with van der Waals surface area (Å²) in [5.74, 6) is 0. The van der Waals surface area contributed by atoms with E-state index in [1.54, 1.807) is 12.2 Å². The highest BCUT2D eigenvalue weighted by Crippen LogP contribution is 2.04. The van der Waals surface area contributed by atoms with E-state index in [0.29, 0.717) is 0 Å². The van der Waals surface area contributed by atoms with Crippen molar-refractivity contribution in [1.82, 2.24) is 0 Å². The van der Waals surface area contributed by atoms with Gasteiger partial charge in [-0.1, -0.05) is 36.5 Å². The van der Waals surface area contributed by atoms with Crippen molar-refractivity contribution < 1.29 is 9.53 Å². The first-order valence-corrected chi connectivity index (χ1v) is 4.52. The second kappa shape index (κ2) is 8.10. The molecule has 0 aliphatic heterocycles. The predicted molar refractivity (Wildman–Crippen MR) is 57.9 cm³/mol. The van der Waals surface area contributed by atoms with Crippen LogP contribution in [0.5, 0.6) is 0 Å². The zero-order valence-electron chi connectivity index (χ0n) is 8.53. The minimum absolute atomic E-state index is 0.250. The lowest BCUT2D eigenvalue weighted by molar-refractivity contribution is 0.169. The average Bonchev–Trinajstić information content (AvgIpc) is 2.11. The van der Waals surface area contributed by atoms with Crippen molar-refractivity contribution in [3.63, 3.8) is 0 Å². The number of amides is 1. The van der Waals surface area contributed by atoms with E-state index in [1.807, 2.05) is 12.2 Å². The maximum absolute atomic E-state index is 10.2. The molecule has 0 bridgehead atoms. The van der Waals surface area contributed by atoms with Gasteiger partial charge in [-0.25, -0.2) is 4.79 Å². The number of allylic oxidation sites excluding steroid dienone is 4. The Morgan fingerprint density at radius 2 is 2.21 bits per heavy atom. The molecule has 0 saturated heterocycles. The number of rotatable bonds is 6. The molecule has 1 amide bonds. The summed E-state index contributed by atoms with van der Waals surface area (Å²) < 4.78 is 4.52. The van der Waals surface area contributed by atoms with E-state index in [2.05, 4.69) is 18.2 Å². The van der Waals surface area contributed by atoms with Crippen LogP contribution < -0.4 is 5.73 Å². The third-order valence-corrected chi connectivity index (χ3v) is 1.60. The number of hydrogen-bond donors (Lipinski definition) is 1. The van der Waals surface area contributed by atoms with E-state index in [4.69, 9.17) is 5.73 Å². The molecule has 0 aliphatic carbocycles. The van der Waals surface area contributed by atoms with Gasteiger partial charge in [0, 0.05) is 0 Å². The number of nitrogens with two attached hydrogens (primary N) is 1. The molecule has 0 radical (unpaired) electrons. The summed E-state index contributed by atoms with van der Waals surface area (Å²) in [7, 11) is 0. The van der Waals surface area contributed by atoms with Crippen molar-refractivity contribution in [2.75, 3.05) is 6.61 Å². The molecular weight excluding hydrogens is 178 g/mol. The van der Waals surface area contributed by atoms with Gasteiger partial charge < -0.3 is 10.5 Å². The Morgan fingerprint density at radius 3 is 2.79 bits per heavy atom. The van der Waals surface area contributed by atoms with Crippen molar-refractivity contribution in [1.29, 1.82) is 0 Å². The topological polar surface area (TPSA) is 52.3 Å². The monoisotopic (exact) mass is 195 g/mol. The fourth-order valence-corrected chi connectivity index (χ4v) is 0.912. The molecule has 3 nitrogen and oxygen atoms in total. The van der Waals surface area contributed by atoms with Gasteiger partial charge in [0.05, 0.1) is 0 Å². The summed E-state index contributed by atoms with van der Waals surface area (Å²) in [4.78, 5) is 10.2. The molecule has 3 heteroatoms. The lowest BCUT2D eigenvalue weighted by Gasteiger charge is -1.96. The molecule has 0 fully saturated rings. The lowest BCUT2D eigenvalue weighted by atomic mass is 10.1. The number of hydrogen-bond acceptors (Lipinski definition) is 2. The van der Waals surface area contributed by atoms with E-state index in [-0.39, 0.29) is 6.61 Å². The quantitative estimate of drug-likeness (QED) is 0.523. The van der Waals surface area contributed by atoms with E-state index >= 15 is 0 Å². The van der Waals surface area contributed by atoms with Crippen molar-refractivity contribution in [2.24, 2.45) is 5.73 Å². The van der Waals surface area contributed by atoms with Gasteiger partial charge in [-0.05, 0) is 19.8 Å². The van der Waals surface area contributed by atoms with Crippen LogP contribution in [0.25, 0.3) is 0 Å². The highest BCUT2D eigenvalue weighted by Gasteiger charge is 1.88. The molecule has 2 N–H and O–H groups in total. The molecule has 0 atom stereocenters. The first-order chi connectivity index (χ1) is 6.66. The van der Waals surface area contributed by atoms with Crippen LogP contribution in [0.3, 0.4) is 0 Å².